The van der Waals surface area contributed by atoms with E-state index in [0.29, 0.717) is 0 Å². The van der Waals surface area contributed by atoms with Gasteiger partial charge in [-0.05, 0) is 37.4 Å². The highest BCUT2D eigenvalue weighted by molar-refractivity contribution is 6.30. The molecule has 3 heteroatoms. The summed E-state index contributed by atoms with van der Waals surface area (Å²) in [5.74, 6) is 1.77. The molecule has 1 fully saturated rings. The summed E-state index contributed by atoms with van der Waals surface area (Å²) in [6, 6.07) is 5.77. The van der Waals surface area contributed by atoms with Crippen LogP contribution in [0.15, 0.2) is 18.2 Å². The first kappa shape index (κ1) is 10.8. The molecule has 0 amide bonds. The fourth-order valence-electron chi connectivity index (χ4n) is 1.60. The van der Waals surface area contributed by atoms with Crippen LogP contribution in [-0.2, 0) is 6.54 Å². The van der Waals surface area contributed by atoms with Crippen molar-refractivity contribution >= 4 is 11.6 Å². The van der Waals surface area contributed by atoms with Crippen molar-refractivity contribution in [3.63, 3.8) is 0 Å². The molecule has 82 valence electrons. The number of ether oxygens (including phenoxy) is 1. The fraction of sp³-hybridized carbons (Fsp3) is 0.500. The van der Waals surface area contributed by atoms with Gasteiger partial charge in [-0.1, -0.05) is 17.7 Å². The maximum atomic E-state index is 5.89. The molecule has 0 saturated heterocycles. The summed E-state index contributed by atoms with van der Waals surface area (Å²) in [6.07, 6.45) is 2.76. The van der Waals surface area contributed by atoms with Crippen molar-refractivity contribution in [3.05, 3.63) is 28.8 Å². The van der Waals surface area contributed by atoms with Gasteiger partial charge in [0.15, 0.2) is 0 Å². The van der Waals surface area contributed by atoms with Gasteiger partial charge in [-0.15, -0.1) is 0 Å². The number of rotatable bonds is 5. The Balaban J connectivity index is 1.92. The molecule has 2 rings (SSSR count). The minimum Gasteiger partial charge on any atom is -0.496 e. The summed E-state index contributed by atoms with van der Waals surface area (Å²) >= 11 is 5.89. The summed E-state index contributed by atoms with van der Waals surface area (Å²) in [4.78, 5) is 0. The average Bonchev–Trinajstić information content (AvgIpc) is 3.04. The van der Waals surface area contributed by atoms with Gasteiger partial charge in [0.25, 0.3) is 0 Å². The van der Waals surface area contributed by atoms with Crippen molar-refractivity contribution in [3.8, 4) is 5.75 Å². The predicted octanol–water partition coefficient (Wildman–Crippen LogP) is 2.85. The van der Waals surface area contributed by atoms with Crippen LogP contribution in [0.2, 0.25) is 5.02 Å². The van der Waals surface area contributed by atoms with Crippen molar-refractivity contribution in [1.29, 1.82) is 0 Å². The van der Waals surface area contributed by atoms with Gasteiger partial charge in [0, 0.05) is 17.1 Å². The van der Waals surface area contributed by atoms with Crippen molar-refractivity contribution in [2.75, 3.05) is 13.7 Å². The topological polar surface area (TPSA) is 21.3 Å². The Bertz CT molecular complexity index is 336. The van der Waals surface area contributed by atoms with E-state index in [-0.39, 0.29) is 0 Å². The molecule has 2 nitrogen and oxygen atoms in total. The maximum Gasteiger partial charge on any atom is 0.124 e. The van der Waals surface area contributed by atoms with E-state index in [0.717, 1.165) is 29.8 Å². The van der Waals surface area contributed by atoms with Crippen LogP contribution in [0.1, 0.15) is 18.4 Å². The molecular formula is C12H16ClNO. The zero-order valence-electron chi connectivity index (χ0n) is 8.92. The molecule has 0 aliphatic heterocycles. The highest BCUT2D eigenvalue weighted by Gasteiger charge is 2.20. The van der Waals surface area contributed by atoms with Crippen molar-refractivity contribution < 1.29 is 4.74 Å². The number of halogens is 1. The summed E-state index contributed by atoms with van der Waals surface area (Å²) in [5.41, 5.74) is 1.17. The molecule has 15 heavy (non-hydrogen) atoms. The van der Waals surface area contributed by atoms with Crippen molar-refractivity contribution in [1.82, 2.24) is 5.32 Å². The molecule has 0 spiro atoms. The van der Waals surface area contributed by atoms with Crippen LogP contribution in [0.25, 0.3) is 0 Å². The predicted molar refractivity (Wildman–Crippen MR) is 62.4 cm³/mol. The van der Waals surface area contributed by atoms with Gasteiger partial charge >= 0.3 is 0 Å². The molecule has 0 atom stereocenters. The van der Waals surface area contributed by atoms with E-state index >= 15 is 0 Å². The molecule has 0 bridgehead atoms. The first-order valence-electron chi connectivity index (χ1n) is 5.32. The Morgan fingerprint density at radius 3 is 2.93 bits per heavy atom. The van der Waals surface area contributed by atoms with Crippen LogP contribution in [-0.4, -0.2) is 13.7 Å². The summed E-state index contributed by atoms with van der Waals surface area (Å²) in [5, 5.41) is 4.15. The van der Waals surface area contributed by atoms with Crippen LogP contribution in [0.5, 0.6) is 5.75 Å². The number of nitrogens with one attached hydrogen (secondary N) is 1. The molecule has 1 N–H and O–H groups in total. The first-order valence-corrected chi connectivity index (χ1v) is 5.70. The maximum absolute atomic E-state index is 5.89. The second-order valence-corrected chi connectivity index (χ2v) is 4.47. The number of benzene rings is 1. The zero-order chi connectivity index (χ0) is 10.7. The van der Waals surface area contributed by atoms with Crippen molar-refractivity contribution in [2.24, 2.45) is 5.92 Å². The van der Waals surface area contributed by atoms with Gasteiger partial charge in [0.1, 0.15) is 5.75 Å². The van der Waals surface area contributed by atoms with Crippen LogP contribution >= 0.6 is 11.6 Å². The second kappa shape index (κ2) is 4.86. The minimum atomic E-state index is 0.720. The molecular weight excluding hydrogens is 210 g/mol. The molecule has 1 aromatic rings. The largest absolute Gasteiger partial charge is 0.496 e. The molecule has 1 aliphatic carbocycles. The Morgan fingerprint density at radius 2 is 2.27 bits per heavy atom. The number of hydrogen-bond acceptors (Lipinski definition) is 2. The van der Waals surface area contributed by atoms with Gasteiger partial charge in [-0.25, -0.2) is 0 Å². The Hall–Kier alpha value is -0.730. The molecule has 1 aliphatic rings. The highest BCUT2D eigenvalue weighted by atomic mass is 35.5. The Labute approximate surface area is 95.6 Å². The molecule has 0 unspecified atom stereocenters. The van der Waals surface area contributed by atoms with E-state index in [9.17, 15) is 0 Å². The summed E-state index contributed by atoms with van der Waals surface area (Å²) < 4.78 is 5.27. The molecule has 0 heterocycles. The molecule has 0 radical (unpaired) electrons. The van der Waals surface area contributed by atoms with Gasteiger partial charge in [0.05, 0.1) is 7.11 Å². The standard InChI is InChI=1S/C12H16ClNO/c1-15-12-6-11(13)5-4-10(12)8-14-7-9-2-3-9/h4-6,9,14H,2-3,7-8H2,1H3. The fourth-order valence-corrected chi connectivity index (χ4v) is 1.76. The van der Waals surface area contributed by atoms with E-state index in [2.05, 4.69) is 5.32 Å². The SMILES string of the molecule is COc1cc(Cl)ccc1CNCC1CC1. The lowest BCUT2D eigenvalue weighted by atomic mass is 10.2. The van der Waals surface area contributed by atoms with E-state index in [1.807, 2.05) is 18.2 Å². The van der Waals surface area contributed by atoms with Crippen LogP contribution in [0.4, 0.5) is 0 Å². The molecule has 1 aromatic carbocycles. The lowest BCUT2D eigenvalue weighted by Crippen LogP contribution is -2.16. The van der Waals surface area contributed by atoms with Crippen LogP contribution in [0.3, 0.4) is 0 Å². The van der Waals surface area contributed by atoms with E-state index in [1.165, 1.54) is 18.4 Å². The first-order chi connectivity index (χ1) is 7.29. The van der Waals surface area contributed by atoms with Gasteiger partial charge in [-0.3, -0.25) is 0 Å². The summed E-state index contributed by atoms with van der Waals surface area (Å²) in [6.45, 7) is 1.97. The van der Waals surface area contributed by atoms with Crippen LogP contribution in [0, 0.1) is 5.92 Å². The normalized spacial score (nSPS) is 15.3. The Kier molecular flexibility index (Phi) is 3.49. The lowest BCUT2D eigenvalue weighted by molar-refractivity contribution is 0.407. The summed E-state index contributed by atoms with van der Waals surface area (Å²) in [7, 11) is 1.68. The quantitative estimate of drug-likeness (QED) is 0.832. The van der Waals surface area contributed by atoms with Gasteiger partial charge < -0.3 is 10.1 Å². The minimum absolute atomic E-state index is 0.720. The third kappa shape index (κ3) is 3.11. The van der Waals surface area contributed by atoms with Crippen LogP contribution < -0.4 is 10.1 Å². The van der Waals surface area contributed by atoms with E-state index in [4.69, 9.17) is 16.3 Å². The second-order valence-electron chi connectivity index (χ2n) is 4.03. The Morgan fingerprint density at radius 1 is 1.47 bits per heavy atom. The van der Waals surface area contributed by atoms with Gasteiger partial charge in [-0.2, -0.15) is 0 Å². The average molecular weight is 226 g/mol. The number of methoxy groups -OCH3 is 1. The van der Waals surface area contributed by atoms with E-state index < -0.39 is 0 Å². The number of hydrogen-bond donors (Lipinski definition) is 1. The van der Waals surface area contributed by atoms with Crippen molar-refractivity contribution in [2.45, 2.75) is 19.4 Å². The molecule has 1 saturated carbocycles. The van der Waals surface area contributed by atoms with Gasteiger partial charge in [0.2, 0.25) is 0 Å². The third-order valence-electron chi connectivity index (χ3n) is 2.69. The zero-order valence-corrected chi connectivity index (χ0v) is 9.68. The molecule has 0 aromatic heterocycles. The smallest absolute Gasteiger partial charge is 0.124 e. The highest BCUT2D eigenvalue weighted by Crippen LogP contribution is 2.28. The lowest BCUT2D eigenvalue weighted by Gasteiger charge is -2.09. The van der Waals surface area contributed by atoms with E-state index in [1.54, 1.807) is 7.11 Å². The monoisotopic (exact) mass is 225 g/mol. The third-order valence-corrected chi connectivity index (χ3v) is 2.93.